The summed E-state index contributed by atoms with van der Waals surface area (Å²) >= 11 is 2.09. The molecule has 0 aromatic carbocycles. The van der Waals surface area contributed by atoms with E-state index >= 15 is 0 Å². The molecule has 2 fully saturated rings. The average Bonchev–Trinajstić information content (AvgIpc) is 2.59. The van der Waals surface area contributed by atoms with Crippen LogP contribution in [-0.4, -0.2) is 34.3 Å². The molecule has 1 saturated heterocycles. The molecule has 0 aromatic rings. The van der Waals surface area contributed by atoms with E-state index in [2.05, 4.69) is 24.0 Å². The Balaban J connectivity index is 1.72. The molecule has 0 aromatic heterocycles. The van der Waals surface area contributed by atoms with Gasteiger partial charge in [-0.1, -0.05) is 25.7 Å². The summed E-state index contributed by atoms with van der Waals surface area (Å²) in [6, 6.07) is 0. The van der Waals surface area contributed by atoms with Crippen LogP contribution in [0.5, 0.6) is 0 Å². The van der Waals surface area contributed by atoms with E-state index in [1.807, 2.05) is 0 Å². The molecule has 2 nitrogen and oxygen atoms in total. The molecule has 17 heavy (non-hydrogen) atoms. The monoisotopic (exact) mass is 257 g/mol. The second-order valence-corrected chi connectivity index (χ2v) is 7.83. The number of hydrogen-bond acceptors (Lipinski definition) is 3. The Labute approximate surface area is 110 Å². The molecule has 1 unspecified atom stereocenters. The summed E-state index contributed by atoms with van der Waals surface area (Å²) in [4.78, 5) is 0. The molecule has 0 amide bonds. The predicted octanol–water partition coefficient (Wildman–Crippen LogP) is 2.95. The third-order valence-electron chi connectivity index (χ3n) is 4.29. The van der Waals surface area contributed by atoms with E-state index in [4.69, 9.17) is 0 Å². The highest BCUT2D eigenvalue weighted by Crippen LogP contribution is 2.37. The number of hydrogen-bond donors (Lipinski definition) is 2. The third-order valence-corrected chi connectivity index (χ3v) is 5.83. The van der Waals surface area contributed by atoms with Crippen LogP contribution in [0.4, 0.5) is 0 Å². The van der Waals surface area contributed by atoms with Crippen LogP contribution in [0.2, 0.25) is 0 Å². The Morgan fingerprint density at radius 1 is 1.00 bits per heavy atom. The number of thioether (sulfide) groups is 1. The quantitative estimate of drug-likeness (QED) is 0.760. The van der Waals surface area contributed by atoms with E-state index in [0.717, 1.165) is 25.9 Å². The first-order valence-electron chi connectivity index (χ1n) is 7.19. The summed E-state index contributed by atoms with van der Waals surface area (Å²) in [6.07, 6.45) is 9.66. The van der Waals surface area contributed by atoms with Crippen LogP contribution in [0.1, 0.15) is 58.3 Å². The van der Waals surface area contributed by atoms with Crippen LogP contribution in [0.15, 0.2) is 0 Å². The molecular weight excluding hydrogens is 230 g/mol. The highest BCUT2D eigenvalue weighted by Gasteiger charge is 2.31. The van der Waals surface area contributed by atoms with Crippen LogP contribution < -0.4 is 5.32 Å². The Bertz CT molecular complexity index is 230. The standard InChI is InChI=1S/C14H27NOS/c1-13(7-6-10-17-13)11-15-12-14(16)8-4-2-3-5-9-14/h15-16H,2-12H2,1H3. The van der Waals surface area contributed by atoms with Gasteiger partial charge in [-0.3, -0.25) is 0 Å². The maximum absolute atomic E-state index is 10.5. The molecule has 1 heterocycles. The van der Waals surface area contributed by atoms with Gasteiger partial charge in [-0.15, -0.1) is 0 Å². The fourth-order valence-corrected chi connectivity index (χ4v) is 4.37. The highest BCUT2D eigenvalue weighted by atomic mass is 32.2. The topological polar surface area (TPSA) is 32.3 Å². The van der Waals surface area contributed by atoms with Gasteiger partial charge in [0, 0.05) is 17.8 Å². The summed E-state index contributed by atoms with van der Waals surface area (Å²) in [5.74, 6) is 1.31. The largest absolute Gasteiger partial charge is 0.389 e. The Kier molecular flexibility index (Phi) is 4.79. The van der Waals surface area contributed by atoms with Gasteiger partial charge >= 0.3 is 0 Å². The SMILES string of the molecule is CC1(CNCC2(O)CCCCCC2)CCCS1. The molecule has 1 saturated carbocycles. The minimum Gasteiger partial charge on any atom is -0.389 e. The van der Waals surface area contributed by atoms with E-state index in [0.29, 0.717) is 4.75 Å². The summed E-state index contributed by atoms with van der Waals surface area (Å²) < 4.78 is 0.418. The van der Waals surface area contributed by atoms with Crippen molar-refractivity contribution in [2.24, 2.45) is 0 Å². The minimum absolute atomic E-state index is 0.418. The van der Waals surface area contributed by atoms with Gasteiger partial charge in [0.1, 0.15) is 0 Å². The van der Waals surface area contributed by atoms with Gasteiger partial charge in [0.15, 0.2) is 0 Å². The van der Waals surface area contributed by atoms with Crippen molar-refractivity contribution >= 4 is 11.8 Å². The lowest BCUT2D eigenvalue weighted by Gasteiger charge is -2.30. The Morgan fingerprint density at radius 2 is 1.71 bits per heavy atom. The molecule has 2 rings (SSSR count). The first kappa shape index (κ1) is 13.7. The van der Waals surface area contributed by atoms with E-state index in [1.165, 1.54) is 44.3 Å². The first-order valence-corrected chi connectivity index (χ1v) is 8.18. The van der Waals surface area contributed by atoms with Crippen molar-refractivity contribution in [2.75, 3.05) is 18.8 Å². The lowest BCUT2D eigenvalue weighted by atomic mass is 9.94. The normalized spacial score (nSPS) is 33.5. The van der Waals surface area contributed by atoms with Crippen LogP contribution in [0.3, 0.4) is 0 Å². The maximum atomic E-state index is 10.5. The molecule has 0 radical (unpaired) electrons. The van der Waals surface area contributed by atoms with Crippen molar-refractivity contribution in [3.8, 4) is 0 Å². The molecule has 0 bridgehead atoms. The Hall–Kier alpha value is 0.270. The molecule has 3 heteroatoms. The van der Waals surface area contributed by atoms with Gasteiger partial charge in [-0.25, -0.2) is 0 Å². The number of nitrogens with one attached hydrogen (secondary N) is 1. The minimum atomic E-state index is -0.421. The first-order chi connectivity index (χ1) is 8.12. The number of aliphatic hydroxyl groups is 1. The summed E-state index contributed by atoms with van der Waals surface area (Å²) in [6.45, 7) is 4.21. The molecule has 2 N–H and O–H groups in total. The van der Waals surface area contributed by atoms with Gasteiger partial charge < -0.3 is 10.4 Å². The number of rotatable bonds is 4. The van der Waals surface area contributed by atoms with Crippen molar-refractivity contribution in [3.05, 3.63) is 0 Å². The van der Waals surface area contributed by atoms with Gasteiger partial charge in [-0.2, -0.15) is 11.8 Å². The third kappa shape index (κ3) is 4.15. The fraction of sp³-hybridized carbons (Fsp3) is 1.00. The van der Waals surface area contributed by atoms with Crippen molar-refractivity contribution in [1.82, 2.24) is 5.32 Å². The second-order valence-electron chi connectivity index (χ2n) is 6.14. The van der Waals surface area contributed by atoms with Gasteiger partial charge in [-0.05, 0) is 38.4 Å². The lowest BCUT2D eigenvalue weighted by Crippen LogP contribution is -2.44. The maximum Gasteiger partial charge on any atom is 0.0771 e. The Morgan fingerprint density at radius 3 is 2.29 bits per heavy atom. The molecular formula is C14H27NOS. The van der Waals surface area contributed by atoms with Crippen molar-refractivity contribution in [2.45, 2.75) is 68.6 Å². The summed E-state index contributed by atoms with van der Waals surface area (Å²) in [5.41, 5.74) is -0.421. The average molecular weight is 257 g/mol. The van der Waals surface area contributed by atoms with Crippen LogP contribution in [0.25, 0.3) is 0 Å². The molecule has 0 spiro atoms. The summed E-state index contributed by atoms with van der Waals surface area (Å²) in [7, 11) is 0. The zero-order chi connectivity index (χ0) is 12.2. The molecule has 1 atom stereocenters. The van der Waals surface area contributed by atoms with E-state index in [1.54, 1.807) is 0 Å². The fourth-order valence-electron chi connectivity index (χ4n) is 3.10. The van der Waals surface area contributed by atoms with Gasteiger partial charge in [0.25, 0.3) is 0 Å². The zero-order valence-electron chi connectivity index (χ0n) is 11.1. The van der Waals surface area contributed by atoms with Crippen LogP contribution in [-0.2, 0) is 0 Å². The lowest BCUT2D eigenvalue weighted by molar-refractivity contribution is 0.0250. The zero-order valence-corrected chi connectivity index (χ0v) is 12.0. The molecule has 100 valence electrons. The molecule has 1 aliphatic carbocycles. The molecule has 1 aliphatic heterocycles. The van der Waals surface area contributed by atoms with E-state index in [-0.39, 0.29) is 0 Å². The molecule has 2 aliphatic rings. The predicted molar refractivity (Wildman–Crippen MR) is 75.6 cm³/mol. The van der Waals surface area contributed by atoms with E-state index in [9.17, 15) is 5.11 Å². The van der Waals surface area contributed by atoms with Gasteiger partial charge in [0.2, 0.25) is 0 Å². The van der Waals surface area contributed by atoms with Crippen molar-refractivity contribution < 1.29 is 5.11 Å². The van der Waals surface area contributed by atoms with Crippen LogP contribution in [0, 0.1) is 0 Å². The smallest absolute Gasteiger partial charge is 0.0771 e. The van der Waals surface area contributed by atoms with E-state index < -0.39 is 5.60 Å². The van der Waals surface area contributed by atoms with Crippen LogP contribution >= 0.6 is 11.8 Å². The highest BCUT2D eigenvalue weighted by molar-refractivity contribution is 8.00. The van der Waals surface area contributed by atoms with Crippen molar-refractivity contribution in [1.29, 1.82) is 0 Å². The second kappa shape index (κ2) is 5.94. The van der Waals surface area contributed by atoms with Crippen molar-refractivity contribution in [3.63, 3.8) is 0 Å². The van der Waals surface area contributed by atoms with Gasteiger partial charge in [0.05, 0.1) is 5.60 Å². The summed E-state index contributed by atoms with van der Waals surface area (Å²) in [5, 5.41) is 14.1.